The van der Waals surface area contributed by atoms with Crippen LogP contribution in [0.5, 0.6) is 0 Å². The number of nitrogens with one attached hydrogen (secondary N) is 2. The Morgan fingerprint density at radius 2 is 1.88 bits per heavy atom. The molecule has 0 unspecified atom stereocenters. The Hall–Kier alpha value is -1.09. The average Bonchev–Trinajstić information content (AvgIpc) is 2.29. The van der Waals surface area contributed by atoms with Gasteiger partial charge in [0.1, 0.15) is 0 Å². The highest BCUT2D eigenvalue weighted by atomic mass is 32.1. The van der Waals surface area contributed by atoms with Crippen LogP contribution in [-0.2, 0) is 6.42 Å². The Morgan fingerprint density at radius 1 is 1.24 bits per heavy atom. The molecule has 0 saturated heterocycles. The van der Waals surface area contributed by atoms with Gasteiger partial charge in [0.05, 0.1) is 0 Å². The van der Waals surface area contributed by atoms with Crippen LogP contribution in [0.3, 0.4) is 0 Å². The van der Waals surface area contributed by atoms with E-state index in [9.17, 15) is 0 Å². The molecule has 94 valence electrons. The van der Waals surface area contributed by atoms with Gasteiger partial charge in [-0.2, -0.15) is 0 Å². The summed E-state index contributed by atoms with van der Waals surface area (Å²) in [5.41, 5.74) is 2.42. The zero-order valence-electron chi connectivity index (χ0n) is 10.9. The van der Waals surface area contributed by atoms with Crippen molar-refractivity contribution in [1.82, 2.24) is 5.32 Å². The van der Waals surface area contributed by atoms with E-state index in [1.54, 1.807) is 0 Å². The van der Waals surface area contributed by atoms with Crippen LogP contribution >= 0.6 is 12.2 Å². The molecule has 0 aliphatic heterocycles. The summed E-state index contributed by atoms with van der Waals surface area (Å²) in [6.07, 6.45) is 2.32. The second-order valence-electron chi connectivity index (χ2n) is 4.68. The molecule has 0 saturated carbocycles. The van der Waals surface area contributed by atoms with Crippen LogP contribution in [0.1, 0.15) is 32.8 Å². The van der Waals surface area contributed by atoms with E-state index in [0.29, 0.717) is 11.0 Å². The first-order valence-electron chi connectivity index (χ1n) is 6.25. The Labute approximate surface area is 110 Å². The normalized spacial score (nSPS) is 10.4. The Kier molecular flexibility index (Phi) is 5.98. The molecule has 1 rings (SSSR count). The number of aryl methyl sites for hydroxylation is 1. The number of rotatable bonds is 5. The van der Waals surface area contributed by atoms with E-state index in [1.807, 2.05) is 0 Å². The fourth-order valence-corrected chi connectivity index (χ4v) is 1.72. The molecule has 0 amide bonds. The van der Waals surface area contributed by atoms with Crippen LogP contribution in [0.25, 0.3) is 0 Å². The van der Waals surface area contributed by atoms with Gasteiger partial charge in [-0.25, -0.2) is 0 Å². The maximum Gasteiger partial charge on any atom is 0.170 e. The molecule has 0 atom stereocenters. The monoisotopic (exact) mass is 250 g/mol. The van der Waals surface area contributed by atoms with Crippen LogP contribution in [0.2, 0.25) is 0 Å². The van der Waals surface area contributed by atoms with Gasteiger partial charge < -0.3 is 10.6 Å². The molecule has 0 aliphatic rings. The molecule has 0 heterocycles. The molecule has 0 radical (unpaired) electrons. The summed E-state index contributed by atoms with van der Waals surface area (Å²) in [5, 5.41) is 7.07. The maximum atomic E-state index is 5.22. The van der Waals surface area contributed by atoms with Crippen LogP contribution < -0.4 is 10.6 Å². The van der Waals surface area contributed by atoms with Gasteiger partial charge >= 0.3 is 0 Å². The molecule has 0 aliphatic carbocycles. The first-order chi connectivity index (χ1) is 8.11. The molecule has 0 fully saturated rings. The Bertz CT molecular complexity index is 344. The topological polar surface area (TPSA) is 24.1 Å². The molecule has 1 aromatic carbocycles. The van der Waals surface area contributed by atoms with Crippen molar-refractivity contribution in [3.63, 3.8) is 0 Å². The quantitative estimate of drug-likeness (QED) is 0.781. The van der Waals surface area contributed by atoms with Gasteiger partial charge in [0, 0.05) is 12.2 Å². The van der Waals surface area contributed by atoms with Gasteiger partial charge in [-0.1, -0.05) is 39.3 Å². The second kappa shape index (κ2) is 7.28. The highest BCUT2D eigenvalue weighted by molar-refractivity contribution is 7.80. The van der Waals surface area contributed by atoms with Crippen molar-refractivity contribution in [2.45, 2.75) is 33.6 Å². The van der Waals surface area contributed by atoms with Crippen molar-refractivity contribution in [2.24, 2.45) is 5.92 Å². The minimum Gasteiger partial charge on any atom is -0.362 e. The second-order valence-corrected chi connectivity index (χ2v) is 5.08. The number of benzene rings is 1. The standard InChI is InChI=1S/C14H22N2S/c1-4-5-12-6-8-13(9-7-12)16-14(17)15-10-11(2)3/h6-9,11H,4-5,10H2,1-3H3,(H2,15,16,17). The number of hydrogen-bond acceptors (Lipinski definition) is 1. The van der Waals surface area contributed by atoms with Crippen LogP contribution in [-0.4, -0.2) is 11.7 Å². The average molecular weight is 250 g/mol. The molecule has 3 heteroatoms. The molecule has 0 bridgehead atoms. The lowest BCUT2D eigenvalue weighted by molar-refractivity contribution is 0.627. The zero-order chi connectivity index (χ0) is 12.7. The number of anilines is 1. The summed E-state index contributed by atoms with van der Waals surface area (Å²) in [6, 6.07) is 8.45. The van der Waals surface area contributed by atoms with Gasteiger partial charge in [-0.05, 0) is 42.3 Å². The van der Waals surface area contributed by atoms with Crippen molar-refractivity contribution in [3.8, 4) is 0 Å². The molecular formula is C14H22N2S. The molecule has 0 aromatic heterocycles. The third-order valence-electron chi connectivity index (χ3n) is 2.42. The van der Waals surface area contributed by atoms with E-state index in [-0.39, 0.29) is 0 Å². The summed E-state index contributed by atoms with van der Waals surface area (Å²) in [5.74, 6) is 0.599. The van der Waals surface area contributed by atoms with Crippen molar-refractivity contribution in [2.75, 3.05) is 11.9 Å². The summed E-state index contributed by atoms with van der Waals surface area (Å²) in [7, 11) is 0. The maximum absolute atomic E-state index is 5.22. The summed E-state index contributed by atoms with van der Waals surface area (Å²) >= 11 is 5.22. The molecule has 0 spiro atoms. The van der Waals surface area contributed by atoms with Crippen LogP contribution in [0.4, 0.5) is 5.69 Å². The van der Waals surface area contributed by atoms with Gasteiger partial charge in [-0.15, -0.1) is 0 Å². The Morgan fingerprint density at radius 3 is 2.41 bits per heavy atom. The summed E-state index contributed by atoms with van der Waals surface area (Å²) in [6.45, 7) is 7.42. The van der Waals surface area contributed by atoms with Crippen molar-refractivity contribution < 1.29 is 0 Å². The largest absolute Gasteiger partial charge is 0.362 e. The van der Waals surface area contributed by atoms with Crippen LogP contribution in [0.15, 0.2) is 24.3 Å². The molecule has 1 aromatic rings. The van der Waals surface area contributed by atoms with E-state index in [1.165, 1.54) is 12.0 Å². The predicted octanol–water partition coefficient (Wildman–Crippen LogP) is 3.58. The van der Waals surface area contributed by atoms with E-state index in [4.69, 9.17) is 12.2 Å². The van der Waals surface area contributed by atoms with E-state index in [2.05, 4.69) is 55.7 Å². The molecule has 2 N–H and O–H groups in total. The summed E-state index contributed by atoms with van der Waals surface area (Å²) < 4.78 is 0. The lowest BCUT2D eigenvalue weighted by atomic mass is 10.1. The molecule has 17 heavy (non-hydrogen) atoms. The first-order valence-corrected chi connectivity index (χ1v) is 6.66. The molecular weight excluding hydrogens is 228 g/mol. The predicted molar refractivity (Wildman–Crippen MR) is 79.5 cm³/mol. The Balaban J connectivity index is 2.43. The third kappa shape index (κ3) is 5.68. The van der Waals surface area contributed by atoms with Gasteiger partial charge in [0.25, 0.3) is 0 Å². The minimum absolute atomic E-state index is 0.599. The van der Waals surface area contributed by atoms with E-state index >= 15 is 0 Å². The smallest absolute Gasteiger partial charge is 0.170 e. The van der Waals surface area contributed by atoms with Gasteiger partial charge in [-0.3, -0.25) is 0 Å². The highest BCUT2D eigenvalue weighted by Gasteiger charge is 1.99. The number of hydrogen-bond donors (Lipinski definition) is 2. The van der Waals surface area contributed by atoms with E-state index < -0.39 is 0 Å². The van der Waals surface area contributed by atoms with Gasteiger partial charge in [0.15, 0.2) is 5.11 Å². The lowest BCUT2D eigenvalue weighted by Crippen LogP contribution is -2.31. The molecule has 2 nitrogen and oxygen atoms in total. The fourth-order valence-electron chi connectivity index (χ4n) is 1.52. The zero-order valence-corrected chi connectivity index (χ0v) is 11.7. The van der Waals surface area contributed by atoms with Crippen molar-refractivity contribution >= 4 is 23.0 Å². The van der Waals surface area contributed by atoms with Crippen molar-refractivity contribution in [1.29, 1.82) is 0 Å². The SMILES string of the molecule is CCCc1ccc(NC(=S)NCC(C)C)cc1. The lowest BCUT2D eigenvalue weighted by Gasteiger charge is -2.12. The van der Waals surface area contributed by atoms with Crippen LogP contribution in [0, 0.1) is 5.92 Å². The third-order valence-corrected chi connectivity index (χ3v) is 2.67. The minimum atomic E-state index is 0.599. The number of thiocarbonyl (C=S) groups is 1. The fraction of sp³-hybridized carbons (Fsp3) is 0.500. The van der Waals surface area contributed by atoms with Gasteiger partial charge in [0.2, 0.25) is 0 Å². The first kappa shape index (κ1) is 14.0. The summed E-state index contributed by atoms with van der Waals surface area (Å²) in [4.78, 5) is 0. The highest BCUT2D eigenvalue weighted by Crippen LogP contribution is 2.10. The van der Waals surface area contributed by atoms with Crippen molar-refractivity contribution in [3.05, 3.63) is 29.8 Å². The van der Waals surface area contributed by atoms with E-state index in [0.717, 1.165) is 18.7 Å².